The van der Waals surface area contributed by atoms with Crippen LogP contribution in [0.25, 0.3) is 0 Å². The third-order valence-electron chi connectivity index (χ3n) is 5.20. The standard InChI is InChI=1S/C25H29N3O4S/c1-20-12-14-24(15-13-20)33(30,31)28(22-10-7-11-23(18-22)32-3)19-25(29)26-16-17-27(2)21-8-5-4-6-9-21/h4-15,18H,16-17,19H2,1-3H3,(H,26,29). The van der Waals surface area contributed by atoms with Crippen LogP contribution in [0.2, 0.25) is 0 Å². The van der Waals surface area contributed by atoms with Crippen LogP contribution in [0.1, 0.15) is 5.56 Å². The average molecular weight is 468 g/mol. The van der Waals surface area contributed by atoms with E-state index >= 15 is 0 Å². The molecule has 174 valence electrons. The van der Waals surface area contributed by atoms with E-state index in [1.54, 1.807) is 48.5 Å². The Hall–Kier alpha value is -3.52. The molecule has 0 atom stereocenters. The molecular formula is C25H29N3O4S. The highest BCUT2D eigenvalue weighted by atomic mass is 32.2. The quantitative estimate of drug-likeness (QED) is 0.494. The molecule has 8 heteroatoms. The van der Waals surface area contributed by atoms with Gasteiger partial charge >= 0.3 is 0 Å². The van der Waals surface area contributed by atoms with Crippen molar-refractivity contribution in [3.8, 4) is 5.75 Å². The number of carbonyl (C=O) groups is 1. The molecule has 0 spiro atoms. The van der Waals surface area contributed by atoms with E-state index in [1.165, 1.54) is 7.11 Å². The van der Waals surface area contributed by atoms with Crippen LogP contribution in [-0.4, -0.2) is 48.1 Å². The number of hydrogen-bond donors (Lipinski definition) is 1. The second-order valence-electron chi connectivity index (χ2n) is 7.63. The zero-order valence-corrected chi connectivity index (χ0v) is 19.9. The highest BCUT2D eigenvalue weighted by molar-refractivity contribution is 7.92. The van der Waals surface area contributed by atoms with Crippen molar-refractivity contribution < 1.29 is 17.9 Å². The summed E-state index contributed by atoms with van der Waals surface area (Å²) in [6, 6.07) is 23.0. The fraction of sp³-hybridized carbons (Fsp3) is 0.240. The smallest absolute Gasteiger partial charge is 0.264 e. The highest BCUT2D eigenvalue weighted by Crippen LogP contribution is 2.27. The van der Waals surface area contributed by atoms with Crippen molar-refractivity contribution in [1.29, 1.82) is 0 Å². The molecule has 7 nitrogen and oxygen atoms in total. The number of aryl methyl sites for hydroxylation is 1. The van der Waals surface area contributed by atoms with Gasteiger partial charge in [-0.05, 0) is 43.3 Å². The maximum Gasteiger partial charge on any atom is 0.264 e. The Kier molecular flexibility index (Phi) is 7.95. The summed E-state index contributed by atoms with van der Waals surface area (Å²) in [6.07, 6.45) is 0. The maximum absolute atomic E-state index is 13.4. The zero-order chi connectivity index (χ0) is 23.8. The highest BCUT2D eigenvalue weighted by Gasteiger charge is 2.27. The molecule has 3 rings (SSSR count). The predicted octanol–water partition coefficient (Wildman–Crippen LogP) is 3.45. The van der Waals surface area contributed by atoms with E-state index in [-0.39, 0.29) is 11.4 Å². The number of methoxy groups -OCH3 is 1. The Balaban J connectivity index is 1.76. The van der Waals surface area contributed by atoms with E-state index in [0.717, 1.165) is 15.6 Å². The van der Waals surface area contributed by atoms with Gasteiger partial charge in [-0.1, -0.05) is 42.0 Å². The minimum Gasteiger partial charge on any atom is -0.497 e. The molecule has 33 heavy (non-hydrogen) atoms. The van der Waals surface area contributed by atoms with E-state index < -0.39 is 15.9 Å². The lowest BCUT2D eigenvalue weighted by Crippen LogP contribution is -2.42. The van der Waals surface area contributed by atoms with Gasteiger partial charge in [0.1, 0.15) is 12.3 Å². The van der Waals surface area contributed by atoms with Crippen LogP contribution in [-0.2, 0) is 14.8 Å². The first-order valence-electron chi connectivity index (χ1n) is 10.6. The fourth-order valence-electron chi connectivity index (χ4n) is 3.28. The van der Waals surface area contributed by atoms with Crippen LogP contribution in [0.3, 0.4) is 0 Å². The topological polar surface area (TPSA) is 79.0 Å². The molecule has 0 saturated heterocycles. The van der Waals surface area contributed by atoms with E-state index in [1.807, 2.05) is 49.2 Å². The van der Waals surface area contributed by atoms with Crippen LogP contribution in [0.5, 0.6) is 5.75 Å². The minimum atomic E-state index is -3.97. The Morgan fingerprint density at radius 2 is 1.61 bits per heavy atom. The lowest BCUT2D eigenvalue weighted by Gasteiger charge is -2.25. The van der Waals surface area contributed by atoms with Crippen LogP contribution >= 0.6 is 0 Å². The van der Waals surface area contributed by atoms with Gasteiger partial charge in [0.05, 0.1) is 17.7 Å². The summed E-state index contributed by atoms with van der Waals surface area (Å²) in [5, 5.41) is 2.83. The molecule has 0 aliphatic carbocycles. The lowest BCUT2D eigenvalue weighted by atomic mass is 10.2. The molecule has 0 bridgehead atoms. The maximum atomic E-state index is 13.4. The SMILES string of the molecule is COc1cccc(N(CC(=O)NCCN(C)c2ccccc2)S(=O)(=O)c2ccc(C)cc2)c1. The van der Waals surface area contributed by atoms with Gasteiger partial charge in [0.25, 0.3) is 10.0 Å². The summed E-state index contributed by atoms with van der Waals surface area (Å²) in [6.45, 7) is 2.49. The Labute approximate surface area is 195 Å². The predicted molar refractivity (Wildman–Crippen MR) is 131 cm³/mol. The van der Waals surface area contributed by atoms with Gasteiger partial charge in [0, 0.05) is 31.9 Å². The number of benzene rings is 3. The molecule has 3 aromatic carbocycles. The number of anilines is 2. The van der Waals surface area contributed by atoms with Gasteiger partial charge in [-0.25, -0.2) is 8.42 Å². The number of nitrogens with one attached hydrogen (secondary N) is 1. The summed E-state index contributed by atoms with van der Waals surface area (Å²) in [7, 11) is -0.525. The molecule has 1 amide bonds. The number of ether oxygens (including phenoxy) is 1. The number of nitrogens with zero attached hydrogens (tertiary/aromatic N) is 2. The van der Waals surface area contributed by atoms with Crippen LogP contribution in [0, 0.1) is 6.92 Å². The van der Waals surface area contributed by atoms with Crippen molar-refractivity contribution >= 4 is 27.3 Å². The number of sulfonamides is 1. The second kappa shape index (κ2) is 10.9. The monoisotopic (exact) mass is 467 g/mol. The molecule has 3 aromatic rings. The molecule has 0 fully saturated rings. The number of hydrogen-bond acceptors (Lipinski definition) is 5. The van der Waals surface area contributed by atoms with E-state index in [2.05, 4.69) is 5.32 Å². The molecule has 0 unspecified atom stereocenters. The van der Waals surface area contributed by atoms with Gasteiger partial charge in [0.15, 0.2) is 0 Å². The third kappa shape index (κ3) is 6.26. The molecule has 1 N–H and O–H groups in total. The molecular weight excluding hydrogens is 438 g/mol. The minimum absolute atomic E-state index is 0.118. The first-order chi connectivity index (χ1) is 15.8. The molecule has 0 heterocycles. The summed E-state index contributed by atoms with van der Waals surface area (Å²) in [5.74, 6) is 0.108. The number of para-hydroxylation sites is 1. The molecule has 0 aliphatic heterocycles. The fourth-order valence-corrected chi connectivity index (χ4v) is 4.69. The lowest BCUT2D eigenvalue weighted by molar-refractivity contribution is -0.119. The number of amides is 1. The van der Waals surface area contributed by atoms with E-state index in [4.69, 9.17) is 4.74 Å². The summed E-state index contributed by atoms with van der Waals surface area (Å²) >= 11 is 0. The first-order valence-corrected chi connectivity index (χ1v) is 12.0. The normalized spacial score (nSPS) is 11.0. The van der Waals surface area contributed by atoms with Gasteiger partial charge in [-0.15, -0.1) is 0 Å². The molecule has 0 aliphatic rings. The summed E-state index contributed by atoms with van der Waals surface area (Å²) < 4.78 is 33.2. The van der Waals surface area contributed by atoms with Crippen molar-refractivity contribution in [3.05, 3.63) is 84.4 Å². The van der Waals surface area contributed by atoms with Crippen molar-refractivity contribution in [3.63, 3.8) is 0 Å². The number of rotatable bonds is 10. The third-order valence-corrected chi connectivity index (χ3v) is 6.99. The largest absolute Gasteiger partial charge is 0.497 e. The number of carbonyl (C=O) groups excluding carboxylic acids is 1. The summed E-state index contributed by atoms with van der Waals surface area (Å²) in [5.41, 5.74) is 2.33. The Morgan fingerprint density at radius 1 is 0.939 bits per heavy atom. The summed E-state index contributed by atoms with van der Waals surface area (Å²) in [4.78, 5) is 14.9. The van der Waals surface area contributed by atoms with Crippen molar-refractivity contribution in [2.24, 2.45) is 0 Å². The Bertz CT molecular complexity index is 1170. The second-order valence-corrected chi connectivity index (χ2v) is 9.50. The van der Waals surface area contributed by atoms with Crippen LogP contribution in [0.4, 0.5) is 11.4 Å². The van der Waals surface area contributed by atoms with Crippen molar-refractivity contribution in [2.45, 2.75) is 11.8 Å². The molecule has 0 aromatic heterocycles. The van der Waals surface area contributed by atoms with Crippen molar-refractivity contribution in [1.82, 2.24) is 5.32 Å². The first kappa shape index (κ1) is 24.1. The molecule has 0 saturated carbocycles. The van der Waals surface area contributed by atoms with Gasteiger partial charge < -0.3 is 15.0 Å². The average Bonchev–Trinajstić information content (AvgIpc) is 2.83. The Morgan fingerprint density at radius 3 is 2.27 bits per heavy atom. The van der Waals surface area contributed by atoms with Crippen LogP contribution in [0.15, 0.2) is 83.8 Å². The van der Waals surface area contributed by atoms with Gasteiger partial charge in [0.2, 0.25) is 5.91 Å². The van der Waals surface area contributed by atoms with E-state index in [9.17, 15) is 13.2 Å². The number of likely N-dealkylation sites (N-methyl/N-ethyl adjacent to an activating group) is 1. The van der Waals surface area contributed by atoms with Crippen molar-refractivity contribution in [2.75, 3.05) is 43.0 Å². The zero-order valence-electron chi connectivity index (χ0n) is 19.1. The van der Waals surface area contributed by atoms with Crippen LogP contribution < -0.4 is 19.3 Å². The van der Waals surface area contributed by atoms with E-state index in [0.29, 0.717) is 24.5 Å². The van der Waals surface area contributed by atoms with Gasteiger partial charge in [-0.3, -0.25) is 9.10 Å². The molecule has 0 radical (unpaired) electrons. The van der Waals surface area contributed by atoms with Gasteiger partial charge in [-0.2, -0.15) is 0 Å².